The molecule has 5 nitrogen and oxygen atoms in total. The number of halogens is 5. The normalized spacial score (nSPS) is 19.9. The second-order valence-electron chi connectivity index (χ2n) is 7.08. The number of carbonyl (C=O) groups is 2. The highest BCUT2D eigenvalue weighted by molar-refractivity contribution is 6.32. The first kappa shape index (κ1) is 19.5. The Morgan fingerprint density at radius 1 is 0.655 bits per heavy atom. The van der Waals surface area contributed by atoms with Crippen LogP contribution in [0, 0.1) is 29.1 Å². The number of carbonyl (C=O) groups excluding carboxylic acids is 2. The summed E-state index contributed by atoms with van der Waals surface area (Å²) in [6.45, 7) is 5.41. The van der Waals surface area contributed by atoms with Crippen molar-refractivity contribution in [1.29, 1.82) is 0 Å². The average Bonchev–Trinajstić information content (AvgIpc) is 3.56. The van der Waals surface area contributed by atoms with Gasteiger partial charge in [0.15, 0.2) is 29.1 Å². The van der Waals surface area contributed by atoms with Gasteiger partial charge in [-0.3, -0.25) is 9.59 Å². The van der Waals surface area contributed by atoms with E-state index in [1.807, 2.05) is 14.7 Å². The van der Waals surface area contributed by atoms with Crippen molar-refractivity contribution >= 4 is 24.9 Å². The second kappa shape index (κ2) is 6.89. The third-order valence-electron chi connectivity index (χ3n) is 4.92. The fourth-order valence-electron chi connectivity index (χ4n) is 2.99. The van der Waals surface area contributed by atoms with Gasteiger partial charge in [0.2, 0.25) is 11.6 Å². The largest absolute Gasteiger partial charge is 0.365 e. The van der Waals surface area contributed by atoms with E-state index in [-0.39, 0.29) is 11.6 Å². The van der Waals surface area contributed by atoms with Crippen molar-refractivity contribution in [3.05, 3.63) is 52.3 Å². The molecule has 3 heterocycles. The smallest absolute Gasteiger partial charge is 0.227 e. The summed E-state index contributed by atoms with van der Waals surface area (Å²) in [4.78, 5) is 30.5. The van der Waals surface area contributed by atoms with E-state index in [2.05, 4.69) is 0 Å². The fourth-order valence-corrected chi connectivity index (χ4v) is 2.99. The summed E-state index contributed by atoms with van der Waals surface area (Å²) in [7, 11) is 0.816. The summed E-state index contributed by atoms with van der Waals surface area (Å²) >= 11 is 0. The van der Waals surface area contributed by atoms with Crippen LogP contribution in [0.1, 0.15) is 0 Å². The van der Waals surface area contributed by atoms with Gasteiger partial charge in [-0.2, -0.15) is 0 Å². The standard InChI is InChI=1S/C12H13N3O2.C6H2BF5/c16-9-7-8(13-1-2-13)12(17)11(15-5-6-15)10(9)14-3-4-14;7-1-2(8)4(10)6(12)5(11)3(1)9/h7H,1-6H2;7H2. The van der Waals surface area contributed by atoms with E-state index in [0.29, 0.717) is 17.1 Å². The second-order valence-corrected chi connectivity index (χ2v) is 7.08. The first-order valence-electron chi connectivity index (χ1n) is 9.00. The van der Waals surface area contributed by atoms with E-state index >= 15 is 0 Å². The Kier molecular flexibility index (Phi) is 4.63. The highest BCUT2D eigenvalue weighted by Crippen LogP contribution is 2.33. The van der Waals surface area contributed by atoms with Crippen LogP contribution in [0.2, 0.25) is 0 Å². The molecule has 1 aromatic carbocycles. The minimum absolute atomic E-state index is 0.00546. The molecule has 29 heavy (non-hydrogen) atoms. The predicted molar refractivity (Wildman–Crippen MR) is 94.3 cm³/mol. The third kappa shape index (κ3) is 3.49. The van der Waals surface area contributed by atoms with E-state index in [1.165, 1.54) is 6.08 Å². The maximum Gasteiger partial charge on any atom is 0.227 e. The molecule has 0 atom stereocenters. The van der Waals surface area contributed by atoms with Crippen molar-refractivity contribution in [1.82, 2.24) is 14.7 Å². The van der Waals surface area contributed by atoms with E-state index in [1.54, 1.807) is 0 Å². The van der Waals surface area contributed by atoms with Gasteiger partial charge in [0.1, 0.15) is 19.2 Å². The SMILES string of the molecule is Bc1c(F)c(F)c(F)c(F)c1F.O=C1C=C(N2CC2)C(=O)C(N2CC2)=C1N1CC1. The van der Waals surface area contributed by atoms with Crippen molar-refractivity contribution in [3.8, 4) is 0 Å². The Morgan fingerprint density at radius 3 is 1.52 bits per heavy atom. The van der Waals surface area contributed by atoms with Crippen molar-refractivity contribution in [2.24, 2.45) is 0 Å². The Bertz CT molecular complexity index is 893. The molecule has 0 radical (unpaired) electrons. The van der Waals surface area contributed by atoms with Gasteiger partial charge in [-0.15, -0.1) is 0 Å². The summed E-state index contributed by atoms with van der Waals surface area (Å²) in [6.07, 6.45) is 1.52. The van der Waals surface area contributed by atoms with Crippen molar-refractivity contribution in [3.63, 3.8) is 0 Å². The Labute approximate surface area is 163 Å². The van der Waals surface area contributed by atoms with Gasteiger partial charge >= 0.3 is 0 Å². The lowest BCUT2D eigenvalue weighted by molar-refractivity contribution is -0.117. The van der Waals surface area contributed by atoms with Crippen molar-refractivity contribution in [2.45, 2.75) is 0 Å². The fraction of sp³-hybridized carbons (Fsp3) is 0.333. The number of ketones is 2. The molecule has 0 unspecified atom stereocenters. The Morgan fingerprint density at radius 2 is 1.07 bits per heavy atom. The summed E-state index contributed by atoms with van der Waals surface area (Å²) in [5, 5.41) is 0. The number of Topliss-reactive ketones (excluding diaryl/α,β-unsaturated/α-hetero) is 1. The lowest BCUT2D eigenvalue weighted by atomic mass is 9.94. The van der Waals surface area contributed by atoms with E-state index in [9.17, 15) is 31.5 Å². The highest BCUT2D eigenvalue weighted by atomic mass is 19.2. The van der Waals surface area contributed by atoms with E-state index < -0.39 is 34.5 Å². The van der Waals surface area contributed by atoms with Crippen LogP contribution >= 0.6 is 0 Å². The quantitative estimate of drug-likeness (QED) is 0.173. The molecule has 0 aromatic heterocycles. The average molecular weight is 411 g/mol. The molecule has 3 aliphatic heterocycles. The minimum atomic E-state index is -2.13. The van der Waals surface area contributed by atoms with Gasteiger partial charge in [0.05, 0.1) is 5.70 Å². The molecule has 5 rings (SSSR count). The third-order valence-corrected chi connectivity index (χ3v) is 4.92. The summed E-state index contributed by atoms with van der Waals surface area (Å²) in [5.41, 5.74) is 1.02. The van der Waals surface area contributed by atoms with Crippen molar-refractivity contribution < 1.29 is 31.5 Å². The zero-order valence-electron chi connectivity index (χ0n) is 15.4. The molecule has 0 N–H and O–H groups in total. The zero-order valence-corrected chi connectivity index (χ0v) is 15.4. The van der Waals surface area contributed by atoms with E-state index in [0.717, 1.165) is 47.1 Å². The number of hydrogen-bond donors (Lipinski definition) is 0. The molecular weight excluding hydrogens is 396 g/mol. The highest BCUT2D eigenvalue weighted by Gasteiger charge is 2.43. The molecular formula is C18H15BF5N3O2. The van der Waals surface area contributed by atoms with Gasteiger partial charge in [-0.25, -0.2) is 22.0 Å². The van der Waals surface area contributed by atoms with Crippen LogP contribution in [-0.2, 0) is 9.59 Å². The van der Waals surface area contributed by atoms with Crippen LogP contribution in [0.15, 0.2) is 23.2 Å². The van der Waals surface area contributed by atoms with Crippen molar-refractivity contribution in [2.75, 3.05) is 39.3 Å². The molecule has 0 bridgehead atoms. The van der Waals surface area contributed by atoms with E-state index in [4.69, 9.17) is 0 Å². The van der Waals surface area contributed by atoms with Crippen LogP contribution in [-0.4, -0.2) is 73.4 Å². The zero-order chi connectivity index (χ0) is 21.0. The monoisotopic (exact) mass is 411 g/mol. The van der Waals surface area contributed by atoms with Crippen LogP contribution in [0.5, 0.6) is 0 Å². The number of rotatable bonds is 3. The molecule has 3 fully saturated rings. The van der Waals surface area contributed by atoms with Gasteiger partial charge < -0.3 is 14.7 Å². The number of benzene rings is 1. The molecule has 0 amide bonds. The van der Waals surface area contributed by atoms with Crippen LogP contribution in [0.4, 0.5) is 22.0 Å². The molecule has 1 aliphatic carbocycles. The lowest BCUT2D eigenvalue weighted by Gasteiger charge is -2.21. The lowest BCUT2D eigenvalue weighted by Crippen LogP contribution is -2.29. The summed E-state index contributed by atoms with van der Waals surface area (Å²) in [6, 6.07) is 0. The summed E-state index contributed by atoms with van der Waals surface area (Å²) in [5.74, 6) is -9.47. The molecule has 1 aromatic rings. The maximum atomic E-state index is 12.4. The number of hydrogen-bond acceptors (Lipinski definition) is 5. The van der Waals surface area contributed by atoms with Crippen LogP contribution in [0.3, 0.4) is 0 Å². The van der Waals surface area contributed by atoms with Gasteiger partial charge in [0, 0.05) is 45.3 Å². The molecule has 0 spiro atoms. The molecule has 11 heteroatoms. The van der Waals surface area contributed by atoms with Gasteiger partial charge in [0.25, 0.3) is 0 Å². The van der Waals surface area contributed by atoms with Gasteiger partial charge in [-0.1, -0.05) is 0 Å². The molecule has 3 saturated heterocycles. The summed E-state index contributed by atoms with van der Waals surface area (Å²) < 4.78 is 61.6. The molecule has 0 saturated carbocycles. The maximum absolute atomic E-state index is 12.4. The van der Waals surface area contributed by atoms with Crippen LogP contribution in [0.25, 0.3) is 0 Å². The Balaban J connectivity index is 0.000000152. The van der Waals surface area contributed by atoms with Gasteiger partial charge in [-0.05, 0) is 5.46 Å². The first-order chi connectivity index (χ1) is 13.7. The molecule has 152 valence electrons. The van der Waals surface area contributed by atoms with Crippen LogP contribution < -0.4 is 5.46 Å². The predicted octanol–water partition coefficient (Wildman–Crippen LogP) is -0.179. The number of allylic oxidation sites excluding steroid dienone is 1. The minimum Gasteiger partial charge on any atom is -0.365 e. The first-order valence-corrected chi connectivity index (χ1v) is 9.00. The Hall–Kier alpha value is -2.85. The molecule has 4 aliphatic rings. The number of nitrogens with zero attached hydrogens (tertiary/aromatic N) is 3. The topological polar surface area (TPSA) is 43.2 Å².